The van der Waals surface area contributed by atoms with Gasteiger partial charge in [0.15, 0.2) is 0 Å². The zero-order valence-electron chi connectivity index (χ0n) is 14.7. The number of ether oxygens (including phenoxy) is 1. The largest absolute Gasteiger partial charge is 0.478 e. The number of hydrogen-bond donors (Lipinski definition) is 3. The van der Waals surface area contributed by atoms with Crippen LogP contribution in [0.3, 0.4) is 0 Å². The number of anilines is 3. The molecule has 7 nitrogen and oxygen atoms in total. The van der Waals surface area contributed by atoms with Gasteiger partial charge in [0.2, 0.25) is 5.95 Å². The zero-order valence-corrected chi connectivity index (χ0v) is 14.7. The number of para-hydroxylation sites is 1. The molecule has 0 bridgehead atoms. The Balaban J connectivity index is 1.62. The first-order valence-electron chi connectivity index (χ1n) is 8.92. The molecule has 0 saturated carbocycles. The van der Waals surface area contributed by atoms with E-state index in [9.17, 15) is 4.79 Å². The van der Waals surface area contributed by atoms with Gasteiger partial charge in [-0.2, -0.15) is 4.98 Å². The number of aromatic carboxylic acids is 1. The van der Waals surface area contributed by atoms with E-state index in [-0.39, 0.29) is 11.7 Å². The molecule has 3 aromatic rings. The van der Waals surface area contributed by atoms with Crippen molar-refractivity contribution in [1.29, 1.82) is 0 Å². The summed E-state index contributed by atoms with van der Waals surface area (Å²) in [6.45, 7) is 1.50. The molecular weight excluding hydrogens is 344 g/mol. The van der Waals surface area contributed by atoms with Gasteiger partial charge in [0, 0.05) is 24.2 Å². The number of aromatic nitrogens is 2. The molecule has 1 aliphatic heterocycles. The Morgan fingerprint density at radius 1 is 1.19 bits per heavy atom. The average molecular weight is 364 g/mol. The van der Waals surface area contributed by atoms with Gasteiger partial charge in [0.05, 0.1) is 17.2 Å². The lowest BCUT2D eigenvalue weighted by atomic mass is 10.2. The standard InChI is InChI=1S/C20H20N4O3/c25-19(26)13-5-3-6-14(11-13)22-20-23-17-9-2-1-8-16(17)18(24-20)21-12-15-7-4-10-27-15/h1-3,5-6,8-9,11,15H,4,7,10,12H2,(H,25,26)(H2,21,22,23,24). The minimum atomic E-state index is -0.975. The molecule has 0 spiro atoms. The zero-order chi connectivity index (χ0) is 18.6. The Morgan fingerprint density at radius 2 is 2.07 bits per heavy atom. The fourth-order valence-corrected chi connectivity index (χ4v) is 3.14. The van der Waals surface area contributed by atoms with Crippen LogP contribution in [0.4, 0.5) is 17.5 Å². The Bertz CT molecular complexity index is 970. The number of fused-ring (bicyclic) bond motifs is 1. The number of nitrogens with one attached hydrogen (secondary N) is 2. The van der Waals surface area contributed by atoms with E-state index in [1.807, 2.05) is 24.3 Å². The van der Waals surface area contributed by atoms with Gasteiger partial charge in [-0.15, -0.1) is 0 Å². The van der Waals surface area contributed by atoms with E-state index in [0.29, 0.717) is 18.2 Å². The van der Waals surface area contributed by atoms with Crippen molar-refractivity contribution in [2.45, 2.75) is 18.9 Å². The SMILES string of the molecule is O=C(O)c1cccc(Nc2nc(NCC3CCCO3)c3ccccc3n2)c1. The maximum absolute atomic E-state index is 11.2. The van der Waals surface area contributed by atoms with Gasteiger partial charge in [-0.3, -0.25) is 0 Å². The van der Waals surface area contributed by atoms with E-state index in [2.05, 4.69) is 20.6 Å². The summed E-state index contributed by atoms with van der Waals surface area (Å²) in [6, 6.07) is 14.3. The van der Waals surface area contributed by atoms with Crippen LogP contribution in [0.25, 0.3) is 10.9 Å². The van der Waals surface area contributed by atoms with Crippen molar-refractivity contribution in [3.8, 4) is 0 Å². The molecule has 2 heterocycles. The van der Waals surface area contributed by atoms with Crippen LogP contribution in [0.15, 0.2) is 48.5 Å². The number of nitrogens with zero attached hydrogens (tertiary/aromatic N) is 2. The monoisotopic (exact) mass is 364 g/mol. The van der Waals surface area contributed by atoms with Crippen molar-refractivity contribution in [2.24, 2.45) is 0 Å². The Kier molecular flexibility index (Phi) is 4.84. The predicted molar refractivity (Wildman–Crippen MR) is 104 cm³/mol. The molecule has 0 aliphatic carbocycles. The topological polar surface area (TPSA) is 96.4 Å². The first kappa shape index (κ1) is 17.2. The Morgan fingerprint density at radius 3 is 2.89 bits per heavy atom. The van der Waals surface area contributed by atoms with Gasteiger partial charge < -0.3 is 20.5 Å². The van der Waals surface area contributed by atoms with Gasteiger partial charge in [-0.05, 0) is 43.2 Å². The number of benzene rings is 2. The summed E-state index contributed by atoms with van der Waals surface area (Å²) in [6.07, 6.45) is 2.33. The lowest BCUT2D eigenvalue weighted by Gasteiger charge is -2.14. The van der Waals surface area contributed by atoms with Gasteiger partial charge in [-0.25, -0.2) is 9.78 Å². The molecule has 1 aromatic heterocycles. The van der Waals surface area contributed by atoms with Crippen LogP contribution in [0.2, 0.25) is 0 Å². The van der Waals surface area contributed by atoms with E-state index in [0.717, 1.165) is 36.2 Å². The highest BCUT2D eigenvalue weighted by atomic mass is 16.5. The third-order valence-corrected chi connectivity index (χ3v) is 4.49. The normalized spacial score (nSPS) is 16.4. The number of carboxylic acids is 1. The van der Waals surface area contributed by atoms with Gasteiger partial charge in [-0.1, -0.05) is 18.2 Å². The Hall–Kier alpha value is -3.19. The third-order valence-electron chi connectivity index (χ3n) is 4.49. The van der Waals surface area contributed by atoms with E-state index < -0.39 is 5.97 Å². The first-order valence-corrected chi connectivity index (χ1v) is 8.92. The van der Waals surface area contributed by atoms with Crippen molar-refractivity contribution in [3.05, 3.63) is 54.1 Å². The van der Waals surface area contributed by atoms with Crippen LogP contribution in [-0.2, 0) is 4.74 Å². The number of rotatable bonds is 6. The Labute approximate surface area is 156 Å². The molecule has 27 heavy (non-hydrogen) atoms. The molecule has 138 valence electrons. The van der Waals surface area contributed by atoms with E-state index in [1.54, 1.807) is 24.3 Å². The quantitative estimate of drug-likeness (QED) is 0.614. The fraction of sp³-hybridized carbons (Fsp3) is 0.250. The van der Waals surface area contributed by atoms with Crippen molar-refractivity contribution in [2.75, 3.05) is 23.8 Å². The second-order valence-electron chi connectivity index (χ2n) is 6.44. The summed E-state index contributed by atoms with van der Waals surface area (Å²) in [4.78, 5) is 20.3. The first-order chi connectivity index (χ1) is 13.2. The second kappa shape index (κ2) is 7.59. The molecule has 2 aromatic carbocycles. The molecule has 1 saturated heterocycles. The highest BCUT2D eigenvalue weighted by Crippen LogP contribution is 2.24. The molecule has 4 rings (SSSR count). The summed E-state index contributed by atoms with van der Waals surface area (Å²) in [7, 11) is 0. The highest BCUT2D eigenvalue weighted by Gasteiger charge is 2.16. The van der Waals surface area contributed by atoms with Crippen molar-refractivity contribution in [3.63, 3.8) is 0 Å². The van der Waals surface area contributed by atoms with Crippen LogP contribution in [0.1, 0.15) is 23.2 Å². The summed E-state index contributed by atoms with van der Waals surface area (Å²) in [5.41, 5.74) is 1.63. The van der Waals surface area contributed by atoms with E-state index >= 15 is 0 Å². The van der Waals surface area contributed by atoms with Crippen LogP contribution >= 0.6 is 0 Å². The summed E-state index contributed by atoms with van der Waals surface area (Å²) in [5.74, 6) is 0.163. The van der Waals surface area contributed by atoms with Crippen molar-refractivity contribution >= 4 is 34.3 Å². The minimum Gasteiger partial charge on any atom is -0.478 e. The molecule has 0 radical (unpaired) electrons. The minimum absolute atomic E-state index is 0.197. The van der Waals surface area contributed by atoms with Gasteiger partial charge in [0.25, 0.3) is 0 Å². The smallest absolute Gasteiger partial charge is 0.335 e. The van der Waals surface area contributed by atoms with Crippen LogP contribution in [0.5, 0.6) is 0 Å². The maximum Gasteiger partial charge on any atom is 0.335 e. The lowest BCUT2D eigenvalue weighted by Crippen LogP contribution is -2.19. The molecular formula is C20H20N4O3. The molecule has 1 atom stereocenters. The fourth-order valence-electron chi connectivity index (χ4n) is 3.14. The molecule has 7 heteroatoms. The van der Waals surface area contributed by atoms with E-state index in [1.165, 1.54) is 0 Å². The van der Waals surface area contributed by atoms with Crippen molar-refractivity contribution in [1.82, 2.24) is 9.97 Å². The van der Waals surface area contributed by atoms with Crippen LogP contribution < -0.4 is 10.6 Å². The van der Waals surface area contributed by atoms with Crippen LogP contribution in [0, 0.1) is 0 Å². The second-order valence-corrected chi connectivity index (χ2v) is 6.44. The van der Waals surface area contributed by atoms with Gasteiger partial charge in [0.1, 0.15) is 5.82 Å². The number of hydrogen-bond acceptors (Lipinski definition) is 6. The summed E-state index contributed by atoms with van der Waals surface area (Å²) in [5, 5.41) is 16.6. The molecule has 1 aliphatic rings. The molecule has 0 amide bonds. The molecule has 3 N–H and O–H groups in total. The summed E-state index contributed by atoms with van der Waals surface area (Å²) >= 11 is 0. The summed E-state index contributed by atoms with van der Waals surface area (Å²) < 4.78 is 5.67. The lowest BCUT2D eigenvalue weighted by molar-refractivity contribution is 0.0697. The van der Waals surface area contributed by atoms with E-state index in [4.69, 9.17) is 9.84 Å². The molecule has 1 unspecified atom stereocenters. The highest BCUT2D eigenvalue weighted by molar-refractivity contribution is 5.91. The maximum atomic E-state index is 11.2. The van der Waals surface area contributed by atoms with Crippen molar-refractivity contribution < 1.29 is 14.6 Å². The predicted octanol–water partition coefficient (Wildman–Crippen LogP) is 3.66. The average Bonchev–Trinajstić information content (AvgIpc) is 3.20. The number of carbonyl (C=O) groups is 1. The van der Waals surface area contributed by atoms with Crippen LogP contribution in [-0.4, -0.2) is 40.3 Å². The van der Waals surface area contributed by atoms with Gasteiger partial charge >= 0.3 is 5.97 Å². The molecule has 1 fully saturated rings. The third kappa shape index (κ3) is 3.98. The number of carboxylic acid groups (broad SMARTS) is 1.